The molecule has 0 aliphatic carbocycles. The lowest BCUT2D eigenvalue weighted by molar-refractivity contribution is 1.18. The third kappa shape index (κ3) is 6.58. The van der Waals surface area contributed by atoms with Gasteiger partial charge in [0.25, 0.3) is 0 Å². The van der Waals surface area contributed by atoms with Crippen LogP contribution in [0.25, 0.3) is 137 Å². The molecular formula is C66H41N3. The molecule has 14 rings (SSSR count). The minimum absolute atomic E-state index is 0.841. The summed E-state index contributed by atoms with van der Waals surface area (Å²) < 4.78 is 2.36. The highest BCUT2D eigenvalue weighted by Crippen LogP contribution is 2.40. The van der Waals surface area contributed by atoms with Gasteiger partial charge in [-0.1, -0.05) is 182 Å². The molecule has 0 radical (unpaired) electrons. The Bertz CT molecular complexity index is 4320. The quantitative estimate of drug-likeness (QED) is 0.156. The maximum Gasteiger partial charge on any atom is 0.0979 e. The second kappa shape index (κ2) is 15.7. The zero-order valence-corrected chi connectivity index (χ0v) is 37.5. The molecule has 3 nitrogen and oxygen atoms in total. The van der Waals surface area contributed by atoms with Crippen molar-refractivity contribution >= 4 is 75.9 Å². The van der Waals surface area contributed by atoms with Crippen LogP contribution in [0.2, 0.25) is 0 Å². The van der Waals surface area contributed by atoms with Gasteiger partial charge < -0.3 is 4.57 Å². The molecular weight excluding hydrogens is 835 g/mol. The van der Waals surface area contributed by atoms with Gasteiger partial charge in [-0.3, -0.25) is 4.98 Å². The zero-order valence-electron chi connectivity index (χ0n) is 37.5. The Labute approximate surface area is 398 Å². The normalized spacial score (nSPS) is 11.8. The molecule has 2 heterocycles. The first-order valence-corrected chi connectivity index (χ1v) is 23.6. The number of hydrogen-bond donors (Lipinski definition) is 0. The number of nitrogens with zero attached hydrogens (tertiary/aromatic N) is 3. The third-order valence-electron chi connectivity index (χ3n) is 14.2. The molecule has 0 aliphatic rings. The first kappa shape index (κ1) is 39.0. The Morgan fingerprint density at radius 3 is 1.29 bits per heavy atom. The van der Waals surface area contributed by atoms with E-state index in [9.17, 15) is 0 Å². The fourth-order valence-electron chi connectivity index (χ4n) is 10.7. The van der Waals surface area contributed by atoms with Crippen molar-refractivity contribution in [3.63, 3.8) is 0 Å². The van der Waals surface area contributed by atoms with Gasteiger partial charge in [-0.25, -0.2) is 4.98 Å². The van der Waals surface area contributed by atoms with Crippen LogP contribution in [-0.2, 0) is 0 Å². The predicted octanol–water partition coefficient (Wildman–Crippen LogP) is 17.7. The SMILES string of the molecule is c1cc(-c2ccc(-n3c4ccccc4c4ccccc43)cc2)cc(-c2cccc(-c3cnc4c5ccc(-c6ccc7ccccc7c6)cc5c5cc(-c6ccc7ccccc7c6)ccc5c4n3)c2)c1. The van der Waals surface area contributed by atoms with E-state index in [2.05, 4.69) is 247 Å². The number of rotatable bonds is 6. The average Bonchev–Trinajstić information content (AvgIpc) is 3.77. The molecule has 0 N–H and O–H groups in total. The summed E-state index contributed by atoms with van der Waals surface area (Å²) in [5.41, 5.74) is 16.6. The number of fused-ring (bicyclic) bond motifs is 11. The molecule has 0 amide bonds. The minimum Gasteiger partial charge on any atom is -0.309 e. The fraction of sp³-hybridized carbons (Fsp3) is 0. The van der Waals surface area contributed by atoms with Crippen LogP contribution < -0.4 is 0 Å². The van der Waals surface area contributed by atoms with Crippen molar-refractivity contribution in [3.8, 4) is 61.5 Å². The topological polar surface area (TPSA) is 30.7 Å². The molecule has 0 atom stereocenters. The van der Waals surface area contributed by atoms with Gasteiger partial charge in [0.15, 0.2) is 0 Å². The van der Waals surface area contributed by atoms with Crippen LogP contribution in [0.15, 0.2) is 249 Å². The molecule has 3 heteroatoms. The van der Waals surface area contributed by atoms with Crippen LogP contribution in [0.5, 0.6) is 0 Å². The lowest BCUT2D eigenvalue weighted by atomic mass is 9.92. The summed E-state index contributed by atoms with van der Waals surface area (Å²) in [6, 6.07) is 88.1. The highest BCUT2D eigenvalue weighted by Gasteiger charge is 2.17. The second-order valence-corrected chi connectivity index (χ2v) is 18.2. The molecule has 0 aliphatic heterocycles. The van der Waals surface area contributed by atoms with E-state index < -0.39 is 0 Å². The number of para-hydroxylation sites is 2. The van der Waals surface area contributed by atoms with Gasteiger partial charge in [0.1, 0.15) is 0 Å². The molecule has 0 saturated carbocycles. The van der Waals surface area contributed by atoms with E-state index in [1.807, 2.05) is 6.20 Å². The summed E-state index contributed by atoms with van der Waals surface area (Å²) in [4.78, 5) is 10.7. The molecule has 0 spiro atoms. The highest BCUT2D eigenvalue weighted by molar-refractivity contribution is 6.24. The zero-order chi connectivity index (χ0) is 45.4. The third-order valence-corrected chi connectivity index (χ3v) is 14.2. The van der Waals surface area contributed by atoms with E-state index in [0.717, 1.165) is 60.6 Å². The molecule has 12 aromatic carbocycles. The molecule has 0 unspecified atom stereocenters. The highest BCUT2D eigenvalue weighted by atomic mass is 15.0. The summed E-state index contributed by atoms with van der Waals surface area (Å²) in [7, 11) is 0. The lowest BCUT2D eigenvalue weighted by Gasteiger charge is -2.14. The van der Waals surface area contributed by atoms with Gasteiger partial charge in [-0.15, -0.1) is 0 Å². The monoisotopic (exact) mass is 875 g/mol. The van der Waals surface area contributed by atoms with Crippen molar-refractivity contribution < 1.29 is 0 Å². The summed E-state index contributed by atoms with van der Waals surface area (Å²) in [5, 5.41) is 12.0. The van der Waals surface area contributed by atoms with E-state index in [0.29, 0.717) is 0 Å². The van der Waals surface area contributed by atoms with Gasteiger partial charge >= 0.3 is 0 Å². The predicted molar refractivity (Wildman–Crippen MR) is 291 cm³/mol. The smallest absolute Gasteiger partial charge is 0.0979 e. The number of hydrogen-bond acceptors (Lipinski definition) is 2. The van der Waals surface area contributed by atoms with Crippen LogP contribution in [0, 0.1) is 0 Å². The minimum atomic E-state index is 0.841. The van der Waals surface area contributed by atoms with Crippen molar-refractivity contribution in [3.05, 3.63) is 249 Å². The van der Waals surface area contributed by atoms with Gasteiger partial charge in [-0.05, 0) is 137 Å². The van der Waals surface area contributed by atoms with Crippen LogP contribution in [-0.4, -0.2) is 14.5 Å². The maximum absolute atomic E-state index is 5.48. The number of benzene rings is 12. The van der Waals surface area contributed by atoms with Crippen LogP contribution in [0.3, 0.4) is 0 Å². The van der Waals surface area contributed by atoms with Crippen molar-refractivity contribution in [1.82, 2.24) is 14.5 Å². The Balaban J connectivity index is 0.854. The van der Waals surface area contributed by atoms with Gasteiger partial charge in [0.2, 0.25) is 0 Å². The van der Waals surface area contributed by atoms with Gasteiger partial charge in [0, 0.05) is 32.8 Å². The van der Waals surface area contributed by atoms with Crippen molar-refractivity contribution in [2.45, 2.75) is 0 Å². The molecule has 0 fully saturated rings. The maximum atomic E-state index is 5.48. The van der Waals surface area contributed by atoms with Crippen LogP contribution in [0.4, 0.5) is 0 Å². The summed E-state index contributed by atoms with van der Waals surface area (Å²) in [6.45, 7) is 0. The van der Waals surface area contributed by atoms with Crippen molar-refractivity contribution in [2.75, 3.05) is 0 Å². The molecule has 0 bridgehead atoms. The van der Waals surface area contributed by atoms with Crippen LogP contribution in [0.1, 0.15) is 0 Å². The Kier molecular flexibility index (Phi) is 8.90. The van der Waals surface area contributed by atoms with Gasteiger partial charge in [-0.2, -0.15) is 0 Å². The Morgan fingerprint density at radius 2 is 0.696 bits per heavy atom. The molecule has 320 valence electrons. The Morgan fingerprint density at radius 1 is 0.261 bits per heavy atom. The van der Waals surface area contributed by atoms with E-state index in [1.165, 1.54) is 76.7 Å². The molecule has 14 aromatic rings. The summed E-state index contributed by atoms with van der Waals surface area (Å²) >= 11 is 0. The first-order chi connectivity index (χ1) is 34.2. The molecule has 69 heavy (non-hydrogen) atoms. The largest absolute Gasteiger partial charge is 0.309 e. The standard InChI is InChI=1S/C66H41N3/c1-3-13-45-36-50(25-23-42(45)11-1)52-29-33-58-60(39-52)61-40-53(51-26-24-43-12-2-4-14-46(43)37-51)30-34-59(61)66-65(58)67-41-62(68-66)54-18-10-17-49(38-54)48-16-9-15-47(35-48)44-27-31-55(32-28-44)69-63-21-7-5-19-56(63)57-20-6-8-22-64(57)69/h1-41H. The molecule has 0 saturated heterocycles. The van der Waals surface area contributed by atoms with Crippen LogP contribution >= 0.6 is 0 Å². The lowest BCUT2D eigenvalue weighted by Crippen LogP contribution is -1.94. The Hall–Kier alpha value is -9.18. The van der Waals surface area contributed by atoms with E-state index in [-0.39, 0.29) is 0 Å². The average molecular weight is 876 g/mol. The van der Waals surface area contributed by atoms with Crippen molar-refractivity contribution in [1.29, 1.82) is 0 Å². The number of aromatic nitrogens is 3. The first-order valence-electron chi connectivity index (χ1n) is 23.6. The van der Waals surface area contributed by atoms with E-state index in [1.54, 1.807) is 0 Å². The fourth-order valence-corrected chi connectivity index (χ4v) is 10.7. The van der Waals surface area contributed by atoms with Crippen molar-refractivity contribution in [2.24, 2.45) is 0 Å². The summed E-state index contributed by atoms with van der Waals surface area (Å²) in [6.07, 6.45) is 1.95. The molecule has 2 aromatic heterocycles. The summed E-state index contributed by atoms with van der Waals surface area (Å²) in [5.74, 6) is 0. The van der Waals surface area contributed by atoms with E-state index >= 15 is 0 Å². The van der Waals surface area contributed by atoms with Gasteiger partial charge in [0.05, 0.1) is 34.0 Å². The van der Waals surface area contributed by atoms with E-state index in [4.69, 9.17) is 9.97 Å². The second-order valence-electron chi connectivity index (χ2n) is 18.2.